The molecule has 4 rings (SSSR count). The van der Waals surface area contributed by atoms with Crippen molar-refractivity contribution in [3.05, 3.63) is 61.1 Å². The Morgan fingerprint density at radius 2 is 1.69 bits per heavy atom. The number of rotatable bonds is 8. The van der Waals surface area contributed by atoms with E-state index in [-0.39, 0.29) is 12.5 Å². The SMILES string of the molecule is CCOc1ccccc1OCC(=O)Nc1nc(-c2ccco2)c(-c2ccco2)s1. The molecule has 1 N–H and O–H groups in total. The summed E-state index contributed by atoms with van der Waals surface area (Å²) in [7, 11) is 0. The van der Waals surface area contributed by atoms with Gasteiger partial charge in [-0.15, -0.1) is 0 Å². The average molecular weight is 410 g/mol. The molecule has 0 bridgehead atoms. The van der Waals surface area contributed by atoms with Crippen molar-refractivity contribution in [2.45, 2.75) is 6.92 Å². The van der Waals surface area contributed by atoms with Crippen LogP contribution in [0.4, 0.5) is 5.13 Å². The summed E-state index contributed by atoms with van der Waals surface area (Å²) in [5.74, 6) is 2.02. The lowest BCUT2D eigenvalue weighted by Crippen LogP contribution is -2.20. The number of carbonyl (C=O) groups is 1. The number of benzene rings is 1. The van der Waals surface area contributed by atoms with Crippen LogP contribution >= 0.6 is 11.3 Å². The topological polar surface area (TPSA) is 86.7 Å². The predicted octanol–water partition coefficient (Wildman–Crippen LogP) is 5.08. The zero-order chi connectivity index (χ0) is 20.1. The minimum absolute atomic E-state index is 0.171. The number of hydrogen-bond acceptors (Lipinski definition) is 7. The number of hydrogen-bond donors (Lipinski definition) is 1. The molecular formula is C21H18N2O5S. The normalized spacial score (nSPS) is 10.7. The first-order valence-electron chi connectivity index (χ1n) is 8.97. The highest BCUT2D eigenvalue weighted by atomic mass is 32.1. The molecular weight excluding hydrogens is 392 g/mol. The Morgan fingerprint density at radius 1 is 1.00 bits per heavy atom. The molecule has 3 heterocycles. The Kier molecular flexibility index (Phi) is 5.62. The number of anilines is 1. The van der Waals surface area contributed by atoms with Crippen molar-refractivity contribution in [3.8, 4) is 33.6 Å². The Bertz CT molecular complexity index is 1020. The Morgan fingerprint density at radius 3 is 2.34 bits per heavy atom. The third-order valence-electron chi connectivity index (χ3n) is 3.88. The summed E-state index contributed by atoms with van der Waals surface area (Å²) in [5, 5.41) is 3.19. The number of ether oxygens (including phenoxy) is 2. The second-order valence-electron chi connectivity index (χ2n) is 5.87. The zero-order valence-corrected chi connectivity index (χ0v) is 16.4. The van der Waals surface area contributed by atoms with Gasteiger partial charge in [-0.2, -0.15) is 0 Å². The summed E-state index contributed by atoms with van der Waals surface area (Å²) in [6, 6.07) is 14.4. The molecule has 0 spiro atoms. The summed E-state index contributed by atoms with van der Waals surface area (Å²) < 4.78 is 22.1. The molecule has 0 unspecified atom stereocenters. The van der Waals surface area contributed by atoms with E-state index in [0.29, 0.717) is 40.5 Å². The van der Waals surface area contributed by atoms with Crippen molar-refractivity contribution < 1.29 is 23.1 Å². The Balaban J connectivity index is 1.48. The van der Waals surface area contributed by atoms with Crippen LogP contribution in [0.15, 0.2) is 69.9 Å². The molecule has 8 heteroatoms. The van der Waals surface area contributed by atoms with Crippen molar-refractivity contribution in [2.75, 3.05) is 18.5 Å². The molecule has 0 aliphatic rings. The fraction of sp³-hybridized carbons (Fsp3) is 0.143. The van der Waals surface area contributed by atoms with Crippen LogP contribution in [-0.2, 0) is 4.79 Å². The Labute approximate surface area is 170 Å². The second kappa shape index (κ2) is 8.66. The van der Waals surface area contributed by atoms with Crippen LogP contribution in [0.3, 0.4) is 0 Å². The van der Waals surface area contributed by atoms with Gasteiger partial charge < -0.3 is 18.3 Å². The molecule has 0 fully saturated rings. The number of carbonyl (C=O) groups excluding carboxylic acids is 1. The molecule has 1 amide bonds. The molecule has 148 valence electrons. The molecule has 0 saturated carbocycles. The molecule has 1 aromatic carbocycles. The maximum atomic E-state index is 12.4. The van der Waals surface area contributed by atoms with Gasteiger partial charge in [-0.3, -0.25) is 10.1 Å². The number of thiazole rings is 1. The molecule has 0 aliphatic carbocycles. The maximum absolute atomic E-state index is 12.4. The lowest BCUT2D eigenvalue weighted by Gasteiger charge is -2.10. The summed E-state index contributed by atoms with van der Waals surface area (Å²) in [5.41, 5.74) is 0.604. The first-order valence-corrected chi connectivity index (χ1v) is 9.79. The van der Waals surface area contributed by atoms with Crippen molar-refractivity contribution in [1.82, 2.24) is 4.98 Å². The molecule has 0 atom stereocenters. The van der Waals surface area contributed by atoms with Gasteiger partial charge in [0.05, 0.1) is 19.1 Å². The van der Waals surface area contributed by atoms with Crippen molar-refractivity contribution in [3.63, 3.8) is 0 Å². The third-order valence-corrected chi connectivity index (χ3v) is 4.87. The monoisotopic (exact) mass is 410 g/mol. The van der Waals surface area contributed by atoms with Crippen LogP contribution in [0, 0.1) is 0 Å². The predicted molar refractivity (Wildman–Crippen MR) is 109 cm³/mol. The smallest absolute Gasteiger partial charge is 0.264 e. The van der Waals surface area contributed by atoms with Gasteiger partial charge in [0.2, 0.25) is 0 Å². The van der Waals surface area contributed by atoms with Gasteiger partial charge in [0.15, 0.2) is 29.0 Å². The maximum Gasteiger partial charge on any atom is 0.264 e. The highest BCUT2D eigenvalue weighted by molar-refractivity contribution is 7.19. The second-order valence-corrected chi connectivity index (χ2v) is 6.87. The van der Waals surface area contributed by atoms with E-state index in [4.69, 9.17) is 18.3 Å². The van der Waals surface area contributed by atoms with Gasteiger partial charge in [0, 0.05) is 0 Å². The van der Waals surface area contributed by atoms with E-state index in [9.17, 15) is 4.79 Å². The van der Waals surface area contributed by atoms with Crippen LogP contribution in [0.25, 0.3) is 22.1 Å². The van der Waals surface area contributed by atoms with E-state index >= 15 is 0 Å². The van der Waals surface area contributed by atoms with Gasteiger partial charge >= 0.3 is 0 Å². The van der Waals surface area contributed by atoms with Crippen LogP contribution < -0.4 is 14.8 Å². The third kappa shape index (κ3) is 4.33. The van der Waals surface area contributed by atoms with Gasteiger partial charge in [0.1, 0.15) is 16.3 Å². The standard InChI is InChI=1S/C21H18N2O5S/c1-2-25-14-7-3-4-8-15(14)28-13-18(24)22-21-23-19(16-9-5-11-26-16)20(29-21)17-10-6-12-27-17/h3-12H,2,13H2,1H3,(H,22,23,24). The summed E-state index contributed by atoms with van der Waals surface area (Å²) >= 11 is 1.30. The van der Waals surface area contributed by atoms with Crippen molar-refractivity contribution in [1.29, 1.82) is 0 Å². The minimum Gasteiger partial charge on any atom is -0.490 e. The number of nitrogens with zero attached hydrogens (tertiary/aromatic N) is 1. The number of furan rings is 2. The van der Waals surface area contributed by atoms with Gasteiger partial charge in [0.25, 0.3) is 5.91 Å². The van der Waals surface area contributed by atoms with E-state index in [1.807, 2.05) is 25.1 Å². The van der Waals surface area contributed by atoms with Crippen LogP contribution in [0.2, 0.25) is 0 Å². The summed E-state index contributed by atoms with van der Waals surface area (Å²) in [4.78, 5) is 17.7. The highest BCUT2D eigenvalue weighted by Gasteiger charge is 2.20. The lowest BCUT2D eigenvalue weighted by atomic mass is 10.2. The molecule has 29 heavy (non-hydrogen) atoms. The molecule has 0 aliphatic heterocycles. The fourth-order valence-electron chi connectivity index (χ4n) is 2.67. The Hall–Kier alpha value is -3.52. The lowest BCUT2D eigenvalue weighted by molar-refractivity contribution is -0.118. The average Bonchev–Trinajstić information content (AvgIpc) is 3.48. The molecule has 4 aromatic rings. The van der Waals surface area contributed by atoms with Gasteiger partial charge in [-0.05, 0) is 43.3 Å². The van der Waals surface area contributed by atoms with Crippen molar-refractivity contribution >= 4 is 22.4 Å². The highest BCUT2D eigenvalue weighted by Crippen LogP contribution is 2.39. The van der Waals surface area contributed by atoms with E-state index in [0.717, 1.165) is 4.88 Å². The van der Waals surface area contributed by atoms with Crippen LogP contribution in [0.1, 0.15) is 6.92 Å². The number of para-hydroxylation sites is 2. The fourth-order valence-corrected chi connectivity index (χ4v) is 3.63. The van der Waals surface area contributed by atoms with Gasteiger partial charge in [-0.1, -0.05) is 23.5 Å². The zero-order valence-electron chi connectivity index (χ0n) is 15.6. The van der Waals surface area contributed by atoms with Crippen molar-refractivity contribution in [2.24, 2.45) is 0 Å². The molecule has 3 aromatic heterocycles. The van der Waals surface area contributed by atoms with E-state index in [1.54, 1.807) is 42.9 Å². The first kappa shape index (κ1) is 18.8. The quantitative estimate of drug-likeness (QED) is 0.436. The van der Waals surface area contributed by atoms with E-state index in [1.165, 1.54) is 11.3 Å². The number of amides is 1. The number of nitrogens with one attached hydrogen (secondary N) is 1. The molecule has 7 nitrogen and oxygen atoms in total. The minimum atomic E-state index is -0.331. The molecule has 0 radical (unpaired) electrons. The van der Waals surface area contributed by atoms with Gasteiger partial charge in [-0.25, -0.2) is 4.98 Å². The van der Waals surface area contributed by atoms with Crippen LogP contribution in [0.5, 0.6) is 11.5 Å². The largest absolute Gasteiger partial charge is 0.490 e. The van der Waals surface area contributed by atoms with E-state index in [2.05, 4.69) is 10.3 Å². The first-order chi connectivity index (χ1) is 14.2. The number of aromatic nitrogens is 1. The molecule has 0 saturated heterocycles. The van der Waals surface area contributed by atoms with E-state index < -0.39 is 0 Å². The van der Waals surface area contributed by atoms with Crippen LogP contribution in [-0.4, -0.2) is 24.1 Å². The summed E-state index contributed by atoms with van der Waals surface area (Å²) in [6.07, 6.45) is 3.16. The summed E-state index contributed by atoms with van der Waals surface area (Å²) in [6.45, 7) is 2.23.